The van der Waals surface area contributed by atoms with Crippen LogP contribution in [-0.2, 0) is 28.6 Å². The molecule has 1 atom stereocenters. The van der Waals surface area contributed by atoms with E-state index in [2.05, 4.69) is 130 Å². The van der Waals surface area contributed by atoms with Crippen molar-refractivity contribution in [3.63, 3.8) is 0 Å². The molecule has 0 aromatic rings. The second-order valence-electron chi connectivity index (χ2n) is 22.0. The normalized spacial score (nSPS) is 12.8. The number of allylic oxidation sites excluding steroid dienone is 18. The molecule has 0 amide bonds. The summed E-state index contributed by atoms with van der Waals surface area (Å²) in [5, 5.41) is 0. The number of ether oxygens (including phenoxy) is 3. The van der Waals surface area contributed by atoms with Crippen LogP contribution in [0.15, 0.2) is 109 Å². The molecule has 0 saturated heterocycles. The number of carbonyl (C=O) groups is 3. The minimum Gasteiger partial charge on any atom is -0.462 e. The predicted molar refractivity (Wildman–Crippen MR) is 343 cm³/mol. The molecule has 452 valence electrons. The molecular weight excluding hydrogens is 973 g/mol. The van der Waals surface area contributed by atoms with Crippen LogP contribution in [0.25, 0.3) is 0 Å². The van der Waals surface area contributed by atoms with Gasteiger partial charge in [0.05, 0.1) is 0 Å². The molecule has 0 aliphatic carbocycles. The van der Waals surface area contributed by atoms with Gasteiger partial charge in [0.2, 0.25) is 0 Å². The fourth-order valence-corrected chi connectivity index (χ4v) is 9.25. The maximum absolute atomic E-state index is 12.9. The summed E-state index contributed by atoms with van der Waals surface area (Å²) < 4.78 is 16.9. The molecule has 0 rings (SSSR count). The largest absolute Gasteiger partial charge is 0.462 e. The highest BCUT2D eigenvalue weighted by Gasteiger charge is 2.19. The standard InChI is InChI=1S/C73H124O6/c1-4-7-10-13-16-19-22-25-28-30-32-34-36-38-40-42-45-48-51-54-57-60-63-66-72(75)78-69-70(68-77-71(74)65-62-59-56-53-50-47-44-27-24-21-18-15-12-9-6-3)79-73(76)67-64-61-58-55-52-49-46-43-41-39-37-35-33-31-29-26-23-20-17-14-11-8-5-2/h7,10,16,19,25,27-28,31-34,38,40,44-45,48,54,57,70H,4-6,8-9,11-15,17-18,20-24,26,29-30,35-37,39,41-43,46-47,49-53,55-56,58-69H2,1-3H3/b10-7-,19-16-,28-25-,33-31-,34-32-,40-38-,44-27-,48-45-,57-54-. The Morgan fingerprint density at radius 1 is 0.266 bits per heavy atom. The summed E-state index contributed by atoms with van der Waals surface area (Å²) in [5.74, 6) is -0.961. The minimum atomic E-state index is -0.809. The Labute approximate surface area is 489 Å². The van der Waals surface area contributed by atoms with Crippen LogP contribution in [0.2, 0.25) is 0 Å². The van der Waals surface area contributed by atoms with Gasteiger partial charge in [-0.05, 0) is 122 Å². The molecule has 0 heterocycles. The van der Waals surface area contributed by atoms with E-state index in [4.69, 9.17) is 14.2 Å². The van der Waals surface area contributed by atoms with Gasteiger partial charge in [-0.3, -0.25) is 14.4 Å². The Kier molecular flexibility index (Phi) is 63.3. The smallest absolute Gasteiger partial charge is 0.306 e. The summed E-state index contributed by atoms with van der Waals surface area (Å²) in [6.45, 7) is 6.49. The highest BCUT2D eigenvalue weighted by atomic mass is 16.6. The first-order valence-corrected chi connectivity index (χ1v) is 33.4. The number of esters is 3. The lowest BCUT2D eigenvalue weighted by Crippen LogP contribution is -2.30. The summed E-state index contributed by atoms with van der Waals surface area (Å²) >= 11 is 0. The third-order valence-corrected chi connectivity index (χ3v) is 14.2. The second-order valence-corrected chi connectivity index (χ2v) is 22.0. The van der Waals surface area contributed by atoms with Crippen LogP contribution in [0.1, 0.15) is 316 Å². The average Bonchev–Trinajstić information content (AvgIpc) is 3.45. The molecule has 0 fully saturated rings. The van der Waals surface area contributed by atoms with Gasteiger partial charge < -0.3 is 14.2 Å². The number of carbonyl (C=O) groups excluding carboxylic acids is 3. The zero-order valence-corrected chi connectivity index (χ0v) is 51.9. The summed E-state index contributed by atoms with van der Waals surface area (Å²) in [7, 11) is 0. The van der Waals surface area contributed by atoms with Gasteiger partial charge in [0, 0.05) is 19.3 Å². The molecule has 1 unspecified atom stereocenters. The van der Waals surface area contributed by atoms with E-state index in [1.165, 1.54) is 173 Å². The van der Waals surface area contributed by atoms with Gasteiger partial charge in [0.15, 0.2) is 6.10 Å². The van der Waals surface area contributed by atoms with Crippen molar-refractivity contribution in [3.8, 4) is 0 Å². The maximum atomic E-state index is 12.9. The Hall–Kier alpha value is -3.93. The van der Waals surface area contributed by atoms with Gasteiger partial charge in [-0.1, -0.05) is 284 Å². The molecule has 0 radical (unpaired) electrons. The number of unbranched alkanes of at least 4 members (excludes halogenated alkanes) is 31. The first kappa shape index (κ1) is 75.1. The molecule has 0 aliphatic rings. The summed E-state index contributed by atoms with van der Waals surface area (Å²) in [5.41, 5.74) is 0. The van der Waals surface area contributed by atoms with E-state index in [-0.39, 0.29) is 37.5 Å². The van der Waals surface area contributed by atoms with Crippen molar-refractivity contribution in [3.05, 3.63) is 109 Å². The van der Waals surface area contributed by atoms with E-state index in [9.17, 15) is 14.4 Å². The van der Waals surface area contributed by atoms with E-state index in [1.807, 2.05) is 0 Å². The van der Waals surface area contributed by atoms with Gasteiger partial charge >= 0.3 is 17.9 Å². The van der Waals surface area contributed by atoms with Gasteiger partial charge in [-0.25, -0.2) is 0 Å². The highest BCUT2D eigenvalue weighted by Crippen LogP contribution is 2.16. The van der Waals surface area contributed by atoms with Crippen molar-refractivity contribution in [2.24, 2.45) is 0 Å². The Morgan fingerprint density at radius 2 is 0.506 bits per heavy atom. The van der Waals surface area contributed by atoms with Gasteiger partial charge in [0.1, 0.15) is 13.2 Å². The van der Waals surface area contributed by atoms with Crippen LogP contribution < -0.4 is 0 Å². The minimum absolute atomic E-state index is 0.100. The SMILES string of the molecule is CC/C=C\C/C=C\C/C=C\C/C=C\C/C=C\C/C=C\C/C=C\CCCC(=O)OCC(COC(=O)CCCCCCC/C=C\CCCCCCCC)OC(=O)CCCCCCCCCCCCC/C=C\CCCCCCCCCC. The van der Waals surface area contributed by atoms with Crippen LogP contribution >= 0.6 is 0 Å². The summed E-state index contributed by atoms with van der Waals surface area (Å²) in [4.78, 5) is 38.4. The molecular formula is C73H124O6. The van der Waals surface area contributed by atoms with Crippen molar-refractivity contribution < 1.29 is 28.6 Å². The third-order valence-electron chi connectivity index (χ3n) is 14.2. The Morgan fingerprint density at radius 3 is 0.835 bits per heavy atom. The summed E-state index contributed by atoms with van der Waals surface area (Å²) in [6.07, 6.45) is 91.0. The maximum Gasteiger partial charge on any atom is 0.306 e. The van der Waals surface area contributed by atoms with Crippen LogP contribution in [0.3, 0.4) is 0 Å². The molecule has 6 heteroatoms. The van der Waals surface area contributed by atoms with Crippen LogP contribution in [0.5, 0.6) is 0 Å². The van der Waals surface area contributed by atoms with E-state index >= 15 is 0 Å². The van der Waals surface area contributed by atoms with Crippen molar-refractivity contribution in [2.45, 2.75) is 322 Å². The lowest BCUT2D eigenvalue weighted by molar-refractivity contribution is -0.167. The zero-order valence-electron chi connectivity index (χ0n) is 51.9. The van der Waals surface area contributed by atoms with E-state index in [0.29, 0.717) is 19.3 Å². The summed E-state index contributed by atoms with van der Waals surface area (Å²) in [6, 6.07) is 0. The molecule has 0 aromatic heterocycles. The molecule has 0 bridgehead atoms. The van der Waals surface area contributed by atoms with Crippen LogP contribution in [-0.4, -0.2) is 37.2 Å². The fourth-order valence-electron chi connectivity index (χ4n) is 9.25. The van der Waals surface area contributed by atoms with E-state index in [0.717, 1.165) is 96.3 Å². The zero-order chi connectivity index (χ0) is 57.1. The van der Waals surface area contributed by atoms with Crippen LogP contribution in [0.4, 0.5) is 0 Å². The first-order valence-electron chi connectivity index (χ1n) is 33.4. The van der Waals surface area contributed by atoms with Gasteiger partial charge in [-0.2, -0.15) is 0 Å². The monoisotopic (exact) mass is 1100 g/mol. The Balaban J connectivity index is 4.45. The Bertz CT molecular complexity index is 1590. The lowest BCUT2D eigenvalue weighted by Gasteiger charge is -2.18. The second kappa shape index (κ2) is 66.6. The van der Waals surface area contributed by atoms with Gasteiger partial charge in [0.25, 0.3) is 0 Å². The van der Waals surface area contributed by atoms with E-state index < -0.39 is 6.10 Å². The number of hydrogen-bond donors (Lipinski definition) is 0. The van der Waals surface area contributed by atoms with E-state index in [1.54, 1.807) is 0 Å². The molecule has 0 saturated carbocycles. The molecule has 0 aliphatic heterocycles. The van der Waals surface area contributed by atoms with Crippen molar-refractivity contribution >= 4 is 17.9 Å². The molecule has 0 spiro atoms. The average molecular weight is 1100 g/mol. The first-order chi connectivity index (χ1) is 39.0. The molecule has 6 nitrogen and oxygen atoms in total. The number of hydrogen-bond acceptors (Lipinski definition) is 6. The lowest BCUT2D eigenvalue weighted by atomic mass is 10.0. The van der Waals surface area contributed by atoms with Crippen molar-refractivity contribution in [1.82, 2.24) is 0 Å². The van der Waals surface area contributed by atoms with Crippen molar-refractivity contribution in [1.29, 1.82) is 0 Å². The van der Waals surface area contributed by atoms with Crippen molar-refractivity contribution in [2.75, 3.05) is 13.2 Å². The highest BCUT2D eigenvalue weighted by molar-refractivity contribution is 5.71. The molecule has 0 N–H and O–H groups in total. The molecule has 79 heavy (non-hydrogen) atoms. The topological polar surface area (TPSA) is 78.9 Å². The predicted octanol–water partition coefficient (Wildman–Crippen LogP) is 23.0. The molecule has 0 aromatic carbocycles. The van der Waals surface area contributed by atoms with Crippen LogP contribution in [0, 0.1) is 0 Å². The fraction of sp³-hybridized carbons (Fsp3) is 0.712. The number of rotatable bonds is 60. The van der Waals surface area contributed by atoms with Gasteiger partial charge in [-0.15, -0.1) is 0 Å². The quantitative estimate of drug-likeness (QED) is 0.0261. The third kappa shape index (κ3) is 64.8.